The molecule has 78 valence electrons. The Kier molecular flexibility index (Phi) is 4.55. The highest BCUT2D eigenvalue weighted by Crippen LogP contribution is 2.37. The zero-order chi connectivity index (χ0) is 11.4. The van der Waals surface area contributed by atoms with Crippen LogP contribution in [0.1, 0.15) is 27.7 Å². The van der Waals surface area contributed by atoms with Crippen molar-refractivity contribution in [3.8, 4) is 0 Å². The standard InChI is InChI=1S/C13H19F/c1-7-9-10(3)13(5,6)11(4)12(14)8-2/h7-9H,1,4H2,2-3,5-6H3/b10-9+,12-8+. The largest absolute Gasteiger partial charge is 0.207 e. The van der Waals surface area contributed by atoms with Gasteiger partial charge >= 0.3 is 0 Å². The molecule has 0 radical (unpaired) electrons. The SMILES string of the molecule is C=C/C=C(\C)C(C)(C)C(=C)/C(F)=C\C. The second kappa shape index (κ2) is 4.94. The van der Waals surface area contributed by atoms with Gasteiger partial charge < -0.3 is 0 Å². The van der Waals surface area contributed by atoms with E-state index in [0.29, 0.717) is 5.57 Å². The van der Waals surface area contributed by atoms with Crippen molar-refractivity contribution < 1.29 is 4.39 Å². The van der Waals surface area contributed by atoms with Gasteiger partial charge in [-0.3, -0.25) is 0 Å². The van der Waals surface area contributed by atoms with E-state index in [2.05, 4.69) is 13.2 Å². The molecule has 0 fully saturated rings. The first kappa shape index (κ1) is 12.9. The van der Waals surface area contributed by atoms with Crippen molar-refractivity contribution >= 4 is 0 Å². The normalized spacial score (nSPS) is 14.1. The fraction of sp³-hybridized carbons (Fsp3) is 0.385. The molecular weight excluding hydrogens is 175 g/mol. The minimum atomic E-state index is -0.356. The van der Waals surface area contributed by atoms with Crippen LogP contribution in [0.3, 0.4) is 0 Å². The first-order chi connectivity index (χ1) is 6.37. The lowest BCUT2D eigenvalue weighted by atomic mass is 9.77. The van der Waals surface area contributed by atoms with E-state index >= 15 is 0 Å². The summed E-state index contributed by atoms with van der Waals surface area (Å²) >= 11 is 0. The summed E-state index contributed by atoms with van der Waals surface area (Å²) < 4.78 is 13.3. The van der Waals surface area contributed by atoms with Crippen molar-refractivity contribution in [1.82, 2.24) is 0 Å². The molecule has 0 aromatic heterocycles. The molecule has 0 saturated carbocycles. The lowest BCUT2D eigenvalue weighted by Crippen LogP contribution is -2.16. The Bertz CT molecular complexity index is 290. The Morgan fingerprint density at radius 1 is 1.36 bits per heavy atom. The molecule has 0 rings (SSSR count). The number of hydrogen-bond acceptors (Lipinski definition) is 0. The Balaban J connectivity index is 5.06. The number of allylic oxidation sites excluding steroid dienone is 6. The Morgan fingerprint density at radius 2 is 1.86 bits per heavy atom. The lowest BCUT2D eigenvalue weighted by Gasteiger charge is -2.27. The fourth-order valence-corrected chi connectivity index (χ4v) is 1.10. The van der Waals surface area contributed by atoms with E-state index in [0.717, 1.165) is 5.57 Å². The van der Waals surface area contributed by atoms with Crippen LogP contribution in [0.2, 0.25) is 0 Å². The van der Waals surface area contributed by atoms with Gasteiger partial charge in [0.1, 0.15) is 5.83 Å². The van der Waals surface area contributed by atoms with E-state index in [1.165, 1.54) is 6.08 Å². The molecule has 0 aromatic rings. The van der Waals surface area contributed by atoms with E-state index in [1.54, 1.807) is 13.0 Å². The van der Waals surface area contributed by atoms with Gasteiger partial charge in [-0.2, -0.15) is 0 Å². The van der Waals surface area contributed by atoms with Gasteiger partial charge in [0.2, 0.25) is 0 Å². The molecule has 0 atom stereocenters. The van der Waals surface area contributed by atoms with Crippen LogP contribution in [-0.4, -0.2) is 0 Å². The molecule has 0 spiro atoms. The molecule has 0 aromatic carbocycles. The lowest BCUT2D eigenvalue weighted by molar-refractivity contribution is 0.502. The van der Waals surface area contributed by atoms with E-state index in [-0.39, 0.29) is 11.2 Å². The van der Waals surface area contributed by atoms with Crippen LogP contribution in [-0.2, 0) is 0 Å². The van der Waals surface area contributed by atoms with Crippen LogP contribution < -0.4 is 0 Å². The molecule has 0 amide bonds. The van der Waals surface area contributed by atoms with Gasteiger partial charge in [-0.05, 0) is 19.4 Å². The van der Waals surface area contributed by atoms with Crippen LogP contribution in [0.4, 0.5) is 4.39 Å². The van der Waals surface area contributed by atoms with Gasteiger partial charge in [0, 0.05) is 5.41 Å². The van der Waals surface area contributed by atoms with Crippen molar-refractivity contribution in [2.45, 2.75) is 27.7 Å². The minimum absolute atomic E-state index is 0.244. The van der Waals surface area contributed by atoms with Crippen LogP contribution in [0, 0.1) is 5.41 Å². The molecule has 0 heterocycles. The zero-order valence-corrected chi connectivity index (χ0v) is 9.52. The predicted octanol–water partition coefficient (Wildman–Crippen LogP) is 4.57. The fourth-order valence-electron chi connectivity index (χ4n) is 1.10. The Hall–Kier alpha value is -1.11. The summed E-state index contributed by atoms with van der Waals surface area (Å²) in [7, 11) is 0. The van der Waals surface area contributed by atoms with E-state index < -0.39 is 0 Å². The summed E-state index contributed by atoms with van der Waals surface area (Å²) in [5, 5.41) is 0. The summed E-state index contributed by atoms with van der Waals surface area (Å²) in [5.74, 6) is -0.244. The third-order valence-corrected chi connectivity index (χ3v) is 2.65. The predicted molar refractivity (Wildman–Crippen MR) is 61.7 cm³/mol. The smallest absolute Gasteiger partial charge is 0.122 e. The summed E-state index contributed by atoms with van der Waals surface area (Å²) in [6.07, 6.45) is 5.03. The molecular formula is C13H19F. The van der Waals surface area contributed by atoms with Crippen molar-refractivity contribution in [2.24, 2.45) is 5.41 Å². The van der Waals surface area contributed by atoms with Crippen molar-refractivity contribution in [3.63, 3.8) is 0 Å². The van der Waals surface area contributed by atoms with Crippen molar-refractivity contribution in [3.05, 3.63) is 48.4 Å². The highest BCUT2D eigenvalue weighted by Gasteiger charge is 2.25. The molecule has 0 nitrogen and oxygen atoms in total. The van der Waals surface area contributed by atoms with Gasteiger partial charge in [0.25, 0.3) is 0 Å². The maximum absolute atomic E-state index is 13.3. The highest BCUT2D eigenvalue weighted by atomic mass is 19.1. The third-order valence-electron chi connectivity index (χ3n) is 2.65. The summed E-state index contributed by atoms with van der Waals surface area (Å²) in [6.45, 7) is 14.9. The van der Waals surface area contributed by atoms with E-state index in [1.807, 2.05) is 26.8 Å². The van der Waals surface area contributed by atoms with Crippen molar-refractivity contribution in [2.75, 3.05) is 0 Å². The first-order valence-electron chi connectivity index (χ1n) is 4.69. The van der Waals surface area contributed by atoms with Crippen LogP contribution in [0.15, 0.2) is 48.4 Å². The third kappa shape index (κ3) is 2.69. The molecule has 0 aliphatic carbocycles. The van der Waals surface area contributed by atoms with Crippen LogP contribution in [0.5, 0.6) is 0 Å². The summed E-state index contributed by atoms with van der Waals surface area (Å²) in [6, 6.07) is 0. The van der Waals surface area contributed by atoms with Gasteiger partial charge in [0.05, 0.1) is 0 Å². The maximum Gasteiger partial charge on any atom is 0.122 e. The van der Waals surface area contributed by atoms with Gasteiger partial charge in [-0.25, -0.2) is 4.39 Å². The number of rotatable bonds is 4. The first-order valence-corrected chi connectivity index (χ1v) is 4.69. The van der Waals surface area contributed by atoms with Gasteiger partial charge in [-0.15, -0.1) is 0 Å². The molecule has 14 heavy (non-hydrogen) atoms. The van der Waals surface area contributed by atoms with Gasteiger partial charge in [-0.1, -0.05) is 50.8 Å². The van der Waals surface area contributed by atoms with E-state index in [4.69, 9.17) is 0 Å². The average Bonchev–Trinajstić information content (AvgIpc) is 2.15. The molecule has 0 aliphatic heterocycles. The average molecular weight is 194 g/mol. The topological polar surface area (TPSA) is 0 Å². The zero-order valence-electron chi connectivity index (χ0n) is 9.52. The molecule has 0 N–H and O–H groups in total. The number of halogens is 1. The maximum atomic E-state index is 13.3. The monoisotopic (exact) mass is 194 g/mol. The van der Waals surface area contributed by atoms with Crippen molar-refractivity contribution in [1.29, 1.82) is 0 Å². The van der Waals surface area contributed by atoms with E-state index in [9.17, 15) is 4.39 Å². The Labute approximate surface area is 86.5 Å². The van der Waals surface area contributed by atoms with Gasteiger partial charge in [0.15, 0.2) is 0 Å². The molecule has 0 saturated heterocycles. The second-order valence-electron chi connectivity index (χ2n) is 3.83. The summed E-state index contributed by atoms with van der Waals surface area (Å²) in [4.78, 5) is 0. The van der Waals surface area contributed by atoms with Crippen LogP contribution >= 0.6 is 0 Å². The second-order valence-corrected chi connectivity index (χ2v) is 3.83. The van der Waals surface area contributed by atoms with Crippen LogP contribution in [0.25, 0.3) is 0 Å². The molecule has 0 bridgehead atoms. The number of hydrogen-bond donors (Lipinski definition) is 0. The minimum Gasteiger partial charge on any atom is -0.207 e. The highest BCUT2D eigenvalue weighted by molar-refractivity contribution is 5.36. The molecule has 1 heteroatoms. The molecule has 0 unspecified atom stereocenters. The Morgan fingerprint density at radius 3 is 2.21 bits per heavy atom. The summed E-state index contributed by atoms with van der Waals surface area (Å²) in [5.41, 5.74) is 1.20. The quantitative estimate of drug-likeness (QED) is 0.575. The molecule has 0 aliphatic rings.